The SMILES string of the molecule is CC1(C)CC[C@H](Nc2ncc(C(F)(F)F)c(-c3c(N)nn4cc(Br)ccc34)n2)CN1. The maximum Gasteiger partial charge on any atom is 0.420 e. The van der Waals surface area contributed by atoms with Crippen LogP contribution in [0.15, 0.2) is 29.0 Å². The van der Waals surface area contributed by atoms with Gasteiger partial charge in [0.1, 0.15) is 5.56 Å². The number of aromatic nitrogens is 4. The number of hydrogen-bond acceptors (Lipinski definition) is 6. The van der Waals surface area contributed by atoms with Gasteiger partial charge in [-0.25, -0.2) is 14.5 Å². The first kappa shape index (κ1) is 20.9. The molecule has 1 fully saturated rings. The number of nitrogens with one attached hydrogen (secondary N) is 2. The average molecular weight is 484 g/mol. The van der Waals surface area contributed by atoms with E-state index in [-0.39, 0.29) is 34.6 Å². The molecule has 4 N–H and O–H groups in total. The van der Waals surface area contributed by atoms with Crippen LogP contribution in [0.5, 0.6) is 0 Å². The van der Waals surface area contributed by atoms with Crippen molar-refractivity contribution in [3.05, 3.63) is 34.6 Å². The van der Waals surface area contributed by atoms with Crippen LogP contribution in [0.25, 0.3) is 16.8 Å². The molecule has 0 saturated carbocycles. The fourth-order valence-electron chi connectivity index (χ4n) is 3.57. The van der Waals surface area contributed by atoms with E-state index in [2.05, 4.69) is 55.5 Å². The summed E-state index contributed by atoms with van der Waals surface area (Å²) >= 11 is 3.32. The second kappa shape index (κ2) is 7.38. The van der Waals surface area contributed by atoms with E-state index in [1.165, 1.54) is 4.52 Å². The third-order valence-corrected chi connectivity index (χ3v) is 5.70. The Bertz CT molecular complexity index is 1080. The Morgan fingerprint density at radius 2 is 2.10 bits per heavy atom. The van der Waals surface area contributed by atoms with Crippen LogP contribution < -0.4 is 16.4 Å². The van der Waals surface area contributed by atoms with Gasteiger partial charge in [-0.15, -0.1) is 5.10 Å². The number of rotatable bonds is 3. The van der Waals surface area contributed by atoms with E-state index in [0.717, 1.165) is 23.5 Å². The van der Waals surface area contributed by atoms with Crippen LogP contribution >= 0.6 is 15.9 Å². The summed E-state index contributed by atoms with van der Waals surface area (Å²) in [4.78, 5) is 8.15. The number of halogens is 4. The summed E-state index contributed by atoms with van der Waals surface area (Å²) in [5.41, 5.74) is 5.34. The quantitative estimate of drug-likeness (QED) is 0.519. The van der Waals surface area contributed by atoms with Crippen LogP contribution in [0.3, 0.4) is 0 Å². The minimum atomic E-state index is -4.64. The van der Waals surface area contributed by atoms with Crippen molar-refractivity contribution in [2.75, 3.05) is 17.6 Å². The van der Waals surface area contributed by atoms with E-state index in [0.29, 0.717) is 12.1 Å². The van der Waals surface area contributed by atoms with Crippen molar-refractivity contribution in [2.24, 2.45) is 0 Å². The molecule has 4 rings (SSSR count). The van der Waals surface area contributed by atoms with Crippen LogP contribution in [0.4, 0.5) is 24.9 Å². The van der Waals surface area contributed by atoms with Gasteiger partial charge in [0.2, 0.25) is 5.95 Å². The minimum absolute atomic E-state index is 0.0137. The van der Waals surface area contributed by atoms with Gasteiger partial charge in [-0.2, -0.15) is 13.2 Å². The van der Waals surface area contributed by atoms with Crippen molar-refractivity contribution >= 4 is 33.2 Å². The lowest BCUT2D eigenvalue weighted by atomic mass is 9.91. The minimum Gasteiger partial charge on any atom is -0.382 e. The molecule has 1 aliphatic heterocycles. The fourth-order valence-corrected chi connectivity index (χ4v) is 3.89. The van der Waals surface area contributed by atoms with Crippen LogP contribution in [0, 0.1) is 0 Å². The van der Waals surface area contributed by atoms with Gasteiger partial charge in [0, 0.05) is 35.0 Å². The Balaban J connectivity index is 1.77. The van der Waals surface area contributed by atoms with Crippen molar-refractivity contribution in [1.29, 1.82) is 0 Å². The topological polar surface area (TPSA) is 93.2 Å². The van der Waals surface area contributed by atoms with E-state index in [1.54, 1.807) is 18.3 Å². The zero-order valence-electron chi connectivity index (χ0n) is 16.4. The molecular formula is C19H21BrF3N7. The van der Waals surface area contributed by atoms with Gasteiger partial charge in [-0.1, -0.05) is 0 Å². The molecular weight excluding hydrogens is 463 g/mol. The van der Waals surface area contributed by atoms with Crippen molar-refractivity contribution in [3.8, 4) is 11.3 Å². The highest BCUT2D eigenvalue weighted by atomic mass is 79.9. The van der Waals surface area contributed by atoms with Crippen molar-refractivity contribution in [3.63, 3.8) is 0 Å². The van der Waals surface area contributed by atoms with E-state index in [9.17, 15) is 13.2 Å². The molecule has 0 aliphatic carbocycles. The van der Waals surface area contributed by atoms with Crippen molar-refractivity contribution in [2.45, 2.75) is 44.4 Å². The van der Waals surface area contributed by atoms with Crippen molar-refractivity contribution < 1.29 is 13.2 Å². The number of nitrogens with zero attached hydrogens (tertiary/aromatic N) is 4. The summed E-state index contributed by atoms with van der Waals surface area (Å²) in [6.07, 6.45) is -0.439. The zero-order valence-corrected chi connectivity index (χ0v) is 18.0. The van der Waals surface area contributed by atoms with E-state index >= 15 is 0 Å². The number of piperidine rings is 1. The molecule has 7 nitrogen and oxygen atoms in total. The molecule has 0 spiro atoms. The molecule has 0 bridgehead atoms. The summed E-state index contributed by atoms with van der Waals surface area (Å²) in [5, 5.41) is 10.7. The highest BCUT2D eigenvalue weighted by molar-refractivity contribution is 9.10. The largest absolute Gasteiger partial charge is 0.420 e. The number of pyridine rings is 1. The van der Waals surface area contributed by atoms with Crippen LogP contribution in [-0.4, -0.2) is 37.7 Å². The first-order valence-corrected chi connectivity index (χ1v) is 10.2. The molecule has 4 heterocycles. The fraction of sp³-hybridized carbons (Fsp3) is 0.421. The predicted octanol–water partition coefficient (Wildman–Crippen LogP) is 4.10. The first-order chi connectivity index (χ1) is 14.0. The standard InChI is InChI=1S/C19H21BrF3N7/c1-18(2)6-5-11(7-26-18)27-17-25-8-12(19(21,22)23)15(28-17)14-13-4-3-10(20)9-30(13)29-16(14)24/h3-4,8-9,11,26H,5-7H2,1-2H3,(H2,24,29)(H,25,27,28)/t11-/m0/s1. The molecule has 1 saturated heterocycles. The second-order valence-corrected chi connectivity index (χ2v) is 8.95. The molecule has 30 heavy (non-hydrogen) atoms. The summed E-state index contributed by atoms with van der Waals surface area (Å²) in [5.74, 6) is 0.0877. The molecule has 0 unspecified atom stereocenters. The Morgan fingerprint density at radius 3 is 2.77 bits per heavy atom. The number of hydrogen-bond donors (Lipinski definition) is 3. The third-order valence-electron chi connectivity index (χ3n) is 5.23. The number of nitrogen functional groups attached to an aromatic ring is 1. The van der Waals surface area contributed by atoms with Gasteiger partial charge in [0.15, 0.2) is 5.82 Å². The van der Waals surface area contributed by atoms with Gasteiger partial charge in [-0.05, 0) is 54.8 Å². The van der Waals surface area contributed by atoms with Gasteiger partial charge in [0.05, 0.1) is 16.8 Å². The molecule has 3 aromatic rings. The van der Waals surface area contributed by atoms with Crippen molar-refractivity contribution in [1.82, 2.24) is 24.9 Å². The second-order valence-electron chi connectivity index (χ2n) is 8.04. The smallest absolute Gasteiger partial charge is 0.382 e. The number of fused-ring (bicyclic) bond motifs is 1. The monoisotopic (exact) mass is 483 g/mol. The summed E-state index contributed by atoms with van der Waals surface area (Å²) in [6, 6.07) is 3.37. The van der Waals surface area contributed by atoms with Gasteiger partial charge in [-0.3, -0.25) is 0 Å². The predicted molar refractivity (Wildman–Crippen MR) is 112 cm³/mol. The summed E-state index contributed by atoms with van der Waals surface area (Å²) in [6.45, 7) is 4.89. The number of nitrogens with two attached hydrogens (primary N) is 1. The van der Waals surface area contributed by atoms with Gasteiger partial charge < -0.3 is 16.4 Å². The highest BCUT2D eigenvalue weighted by Gasteiger charge is 2.37. The molecule has 11 heteroatoms. The number of anilines is 2. The van der Waals surface area contributed by atoms with Gasteiger partial charge in [0.25, 0.3) is 0 Å². The van der Waals surface area contributed by atoms with E-state index in [1.807, 2.05) is 0 Å². The average Bonchev–Trinajstić information content (AvgIpc) is 2.97. The Kier molecular flexibility index (Phi) is 5.13. The zero-order chi connectivity index (χ0) is 21.7. The lowest BCUT2D eigenvalue weighted by Gasteiger charge is -2.36. The molecule has 1 aliphatic rings. The lowest BCUT2D eigenvalue weighted by molar-refractivity contribution is -0.137. The first-order valence-electron chi connectivity index (χ1n) is 9.43. The van der Waals surface area contributed by atoms with E-state index < -0.39 is 11.7 Å². The molecule has 0 aromatic carbocycles. The maximum absolute atomic E-state index is 13.7. The van der Waals surface area contributed by atoms with Crippen LogP contribution in [-0.2, 0) is 6.18 Å². The molecule has 0 radical (unpaired) electrons. The molecule has 3 aromatic heterocycles. The maximum atomic E-state index is 13.7. The lowest BCUT2D eigenvalue weighted by Crippen LogP contribution is -2.50. The Morgan fingerprint density at radius 1 is 1.33 bits per heavy atom. The van der Waals surface area contributed by atoms with Gasteiger partial charge >= 0.3 is 6.18 Å². The normalized spacial score (nSPS) is 19.2. The molecule has 0 amide bonds. The molecule has 160 valence electrons. The molecule has 1 atom stereocenters. The highest BCUT2D eigenvalue weighted by Crippen LogP contribution is 2.40. The summed E-state index contributed by atoms with van der Waals surface area (Å²) < 4.78 is 43.3. The van der Waals surface area contributed by atoms with E-state index in [4.69, 9.17) is 5.73 Å². The van der Waals surface area contributed by atoms with Crippen LogP contribution in [0.2, 0.25) is 0 Å². The van der Waals surface area contributed by atoms with Crippen LogP contribution in [0.1, 0.15) is 32.3 Å². The number of alkyl halides is 3. The Labute approximate surface area is 179 Å². The Hall–Kier alpha value is -2.40. The summed E-state index contributed by atoms with van der Waals surface area (Å²) in [7, 11) is 0. The third kappa shape index (κ3) is 4.08.